The SMILES string of the molecule is c1ccc(-c2c(N3[Si](c4ccccc4)(c4ccccc4)N(c4sc5ccccc5c4-c4ccccc4)[Si]3(c3ccccc3)c3ccccc3)sc3ccccc23)cc1. The minimum Gasteiger partial charge on any atom is -0.369 e. The monoisotopic (exact) mass is 810 g/mol. The van der Waals surface area contributed by atoms with Crippen molar-refractivity contribution in [1.29, 1.82) is 0 Å². The third-order valence-electron chi connectivity index (χ3n) is 11.7. The van der Waals surface area contributed by atoms with Crippen LogP contribution in [0, 0.1) is 0 Å². The first-order chi connectivity index (χ1) is 28.8. The van der Waals surface area contributed by atoms with Crippen molar-refractivity contribution in [2.45, 2.75) is 0 Å². The summed E-state index contributed by atoms with van der Waals surface area (Å²) in [7, 11) is -6.48. The van der Waals surface area contributed by atoms with Crippen LogP contribution in [-0.4, -0.2) is 16.8 Å². The number of nitrogens with zero attached hydrogens (tertiary/aromatic N) is 2. The summed E-state index contributed by atoms with van der Waals surface area (Å²) in [5, 5.41) is 10.7. The van der Waals surface area contributed by atoms with Gasteiger partial charge in [-0.15, -0.1) is 22.7 Å². The zero-order valence-corrected chi connectivity index (χ0v) is 35.3. The van der Waals surface area contributed by atoms with Crippen molar-refractivity contribution in [3.8, 4) is 22.3 Å². The van der Waals surface area contributed by atoms with Crippen LogP contribution in [0.4, 0.5) is 10.0 Å². The number of benzene rings is 8. The van der Waals surface area contributed by atoms with Crippen LogP contribution in [0.1, 0.15) is 0 Å². The molecule has 0 atom stereocenters. The van der Waals surface area contributed by atoms with Crippen LogP contribution < -0.4 is 29.2 Å². The lowest BCUT2D eigenvalue weighted by Gasteiger charge is -2.72. The van der Waals surface area contributed by atoms with Crippen molar-refractivity contribution < 1.29 is 0 Å². The fourth-order valence-corrected chi connectivity index (χ4v) is 28.4. The molecule has 0 radical (unpaired) electrons. The molecule has 6 heteroatoms. The van der Waals surface area contributed by atoms with E-state index in [1.807, 2.05) is 22.7 Å². The van der Waals surface area contributed by atoms with Crippen LogP contribution in [0.5, 0.6) is 0 Å². The average Bonchev–Trinajstić information content (AvgIpc) is 3.86. The second-order valence-corrected chi connectivity index (χ2v) is 24.5. The van der Waals surface area contributed by atoms with Gasteiger partial charge in [0.25, 0.3) is 0 Å². The molecular weight excluding hydrogens is 773 g/mol. The van der Waals surface area contributed by atoms with E-state index in [2.05, 4.69) is 239 Å². The van der Waals surface area contributed by atoms with Gasteiger partial charge in [0, 0.05) is 31.3 Å². The summed E-state index contributed by atoms with van der Waals surface area (Å²) in [5.74, 6) is 0. The van der Waals surface area contributed by atoms with Crippen molar-refractivity contribution in [1.82, 2.24) is 0 Å². The van der Waals surface area contributed by atoms with E-state index in [1.54, 1.807) is 0 Å². The van der Waals surface area contributed by atoms with Crippen LogP contribution in [0.2, 0.25) is 0 Å². The molecule has 58 heavy (non-hydrogen) atoms. The fraction of sp³-hybridized carbons (Fsp3) is 0. The van der Waals surface area contributed by atoms with Crippen LogP contribution in [0.15, 0.2) is 231 Å². The van der Waals surface area contributed by atoms with E-state index in [9.17, 15) is 0 Å². The first kappa shape index (κ1) is 34.9. The molecule has 0 amide bonds. The Hall–Kier alpha value is -6.29. The van der Waals surface area contributed by atoms with Gasteiger partial charge >= 0.3 is 16.8 Å². The maximum Gasteiger partial charge on any atom is 0.319 e. The second-order valence-electron chi connectivity index (χ2n) is 14.8. The molecule has 0 bridgehead atoms. The van der Waals surface area contributed by atoms with E-state index >= 15 is 0 Å². The van der Waals surface area contributed by atoms with E-state index in [0.717, 1.165) is 0 Å². The molecule has 1 aliphatic rings. The summed E-state index contributed by atoms with van der Waals surface area (Å²) in [5.41, 5.74) is 5.11. The van der Waals surface area contributed by atoms with Gasteiger partial charge in [-0.05, 0) is 44.0 Å². The van der Waals surface area contributed by atoms with Crippen molar-refractivity contribution in [3.05, 3.63) is 231 Å². The summed E-state index contributed by atoms with van der Waals surface area (Å²) in [6.07, 6.45) is 0. The lowest BCUT2D eigenvalue weighted by molar-refractivity contribution is 1.25. The fourth-order valence-electron chi connectivity index (χ4n) is 9.41. The molecule has 0 unspecified atom stereocenters. The molecule has 0 spiro atoms. The molecule has 0 N–H and O–H groups in total. The maximum absolute atomic E-state index is 3.24. The lowest BCUT2D eigenvalue weighted by atomic mass is 10.0. The molecule has 2 aromatic heterocycles. The maximum atomic E-state index is 3.07. The molecule has 276 valence electrons. The molecule has 10 aromatic rings. The highest BCUT2D eigenvalue weighted by molar-refractivity contribution is 7.43. The smallest absolute Gasteiger partial charge is 0.319 e. The van der Waals surface area contributed by atoms with Gasteiger partial charge in [0.15, 0.2) is 0 Å². The van der Waals surface area contributed by atoms with Gasteiger partial charge in [-0.2, -0.15) is 0 Å². The molecule has 8 aromatic carbocycles. The largest absolute Gasteiger partial charge is 0.369 e. The van der Waals surface area contributed by atoms with Crippen molar-refractivity contribution >= 4 is 90.4 Å². The van der Waals surface area contributed by atoms with Crippen LogP contribution in [0.3, 0.4) is 0 Å². The Morgan fingerprint density at radius 3 is 0.845 bits per heavy atom. The summed E-state index contributed by atoms with van der Waals surface area (Å²) < 4.78 is 8.74. The molecular formula is C52H38N2S2Si2. The average molecular weight is 811 g/mol. The molecule has 0 aliphatic carbocycles. The van der Waals surface area contributed by atoms with E-state index in [4.69, 9.17) is 0 Å². The van der Waals surface area contributed by atoms with Gasteiger partial charge in [0.2, 0.25) is 0 Å². The minimum absolute atomic E-state index is 1.24. The first-order valence-electron chi connectivity index (χ1n) is 19.8. The molecule has 0 saturated carbocycles. The number of thiophene rings is 2. The van der Waals surface area contributed by atoms with E-state index in [1.165, 1.54) is 73.2 Å². The minimum atomic E-state index is -3.24. The first-order valence-corrected chi connectivity index (χ1v) is 25.2. The Balaban J connectivity index is 1.39. The van der Waals surface area contributed by atoms with Crippen molar-refractivity contribution in [3.63, 3.8) is 0 Å². The summed E-state index contributed by atoms with van der Waals surface area (Å²) in [6, 6.07) is 86.4. The van der Waals surface area contributed by atoms with Crippen molar-refractivity contribution in [2.24, 2.45) is 0 Å². The quantitative estimate of drug-likeness (QED) is 0.141. The Labute approximate surface area is 349 Å². The zero-order chi connectivity index (χ0) is 38.5. The van der Waals surface area contributed by atoms with Gasteiger partial charge in [0.05, 0.1) is 10.0 Å². The molecule has 1 fully saturated rings. The van der Waals surface area contributed by atoms with Crippen LogP contribution in [0.25, 0.3) is 42.4 Å². The number of rotatable bonds is 8. The number of anilines is 2. The summed E-state index contributed by atoms with van der Waals surface area (Å²) in [4.78, 5) is 0. The Morgan fingerprint density at radius 1 is 0.276 bits per heavy atom. The Bertz CT molecular complexity index is 2710. The normalized spacial score (nSPS) is 14.4. The summed E-state index contributed by atoms with van der Waals surface area (Å²) >= 11 is 3.92. The second kappa shape index (κ2) is 14.3. The number of fused-ring (bicyclic) bond motifs is 2. The van der Waals surface area contributed by atoms with Crippen LogP contribution >= 0.6 is 22.7 Å². The highest BCUT2D eigenvalue weighted by Crippen LogP contribution is 2.57. The molecule has 1 aliphatic heterocycles. The predicted octanol–water partition coefficient (Wildman–Crippen LogP) is 11.3. The van der Waals surface area contributed by atoms with Crippen LogP contribution in [-0.2, 0) is 0 Å². The van der Waals surface area contributed by atoms with E-state index < -0.39 is 16.8 Å². The molecule has 3 heterocycles. The lowest BCUT2D eigenvalue weighted by Crippen LogP contribution is -3.07. The van der Waals surface area contributed by atoms with E-state index in [0.29, 0.717) is 0 Å². The molecule has 2 nitrogen and oxygen atoms in total. The van der Waals surface area contributed by atoms with Gasteiger partial charge in [-0.25, -0.2) is 0 Å². The molecule has 11 rings (SSSR count). The predicted molar refractivity (Wildman–Crippen MR) is 255 cm³/mol. The topological polar surface area (TPSA) is 6.48 Å². The third kappa shape index (κ3) is 5.13. The zero-order valence-electron chi connectivity index (χ0n) is 31.7. The third-order valence-corrected chi connectivity index (χ3v) is 26.6. The van der Waals surface area contributed by atoms with Gasteiger partial charge in [-0.3, -0.25) is 0 Å². The molecule has 1 saturated heterocycles. The Kier molecular flexibility index (Phi) is 8.59. The number of hydrogen-bond donors (Lipinski definition) is 0. The van der Waals surface area contributed by atoms with Gasteiger partial charge < -0.3 is 8.46 Å². The standard InChI is InChI=1S/C52H38N2S2Si2/c1-7-23-39(24-8-1)49-45-35-19-21-37-47(45)55-51(49)53-57(41-27-11-3-12-28-41,42-29-13-4-14-30-42)54(58(53,43-31-15-5-16-32-43)44-33-17-6-18-34-44)52-50(40-25-9-2-10-26-40)46-36-20-22-38-48(46)56-52/h1-38H. The highest BCUT2D eigenvalue weighted by atomic mass is 32.1. The summed E-state index contributed by atoms with van der Waals surface area (Å²) in [6.45, 7) is 0. The van der Waals surface area contributed by atoms with Crippen molar-refractivity contribution in [2.75, 3.05) is 8.46 Å². The van der Waals surface area contributed by atoms with E-state index in [-0.39, 0.29) is 0 Å². The van der Waals surface area contributed by atoms with Gasteiger partial charge in [-0.1, -0.05) is 218 Å². The number of hydrogen-bond acceptors (Lipinski definition) is 4. The highest BCUT2D eigenvalue weighted by Gasteiger charge is 2.76. The van der Waals surface area contributed by atoms with Gasteiger partial charge in [0.1, 0.15) is 0 Å². The Morgan fingerprint density at radius 2 is 0.534 bits per heavy atom.